The Hall–Kier alpha value is -2.18. The highest BCUT2D eigenvalue weighted by atomic mass is 16.5. The van der Waals surface area contributed by atoms with Crippen molar-refractivity contribution >= 4 is 5.91 Å². The lowest BCUT2D eigenvalue weighted by molar-refractivity contribution is -0.121. The van der Waals surface area contributed by atoms with Crippen molar-refractivity contribution in [1.29, 1.82) is 0 Å². The highest BCUT2D eigenvalue weighted by Crippen LogP contribution is 2.22. The number of H-pyrrole nitrogens is 1. The van der Waals surface area contributed by atoms with Crippen LogP contribution in [0.3, 0.4) is 0 Å². The highest BCUT2D eigenvalue weighted by Gasteiger charge is 2.20. The van der Waals surface area contributed by atoms with Crippen LogP contribution in [0.5, 0.6) is 0 Å². The number of aromatic nitrogens is 2. The minimum absolute atomic E-state index is 0.0447. The maximum Gasteiger partial charge on any atom is 0.220 e. The fourth-order valence-corrected chi connectivity index (χ4v) is 4.38. The summed E-state index contributed by atoms with van der Waals surface area (Å²) in [5, 5.41) is 10.7. The molecule has 1 aromatic heterocycles. The second kappa shape index (κ2) is 10.0. The molecule has 2 heterocycles. The largest absolute Gasteiger partial charge is 0.375 e. The van der Waals surface area contributed by atoms with Crippen molar-refractivity contribution < 1.29 is 9.53 Å². The van der Waals surface area contributed by atoms with E-state index in [4.69, 9.17) is 4.74 Å². The first kappa shape index (κ1) is 20.1. The van der Waals surface area contributed by atoms with Crippen LogP contribution in [0.2, 0.25) is 0 Å². The van der Waals surface area contributed by atoms with E-state index in [1.807, 2.05) is 6.07 Å². The number of amides is 1. The molecule has 0 radical (unpaired) electrons. The second-order valence-electron chi connectivity index (χ2n) is 8.21. The van der Waals surface area contributed by atoms with Gasteiger partial charge in [-0.05, 0) is 43.2 Å². The summed E-state index contributed by atoms with van der Waals surface area (Å²) in [7, 11) is 0. The molecular formula is C23H32N4O2. The van der Waals surface area contributed by atoms with Crippen LogP contribution in [-0.4, -0.2) is 53.3 Å². The first-order chi connectivity index (χ1) is 14.3. The Kier molecular flexibility index (Phi) is 6.96. The summed E-state index contributed by atoms with van der Waals surface area (Å²) >= 11 is 0. The van der Waals surface area contributed by atoms with Crippen LogP contribution in [0.15, 0.2) is 30.3 Å². The Bertz CT molecular complexity index is 789. The molecule has 6 nitrogen and oxygen atoms in total. The first-order valence-corrected chi connectivity index (χ1v) is 11.0. The minimum atomic E-state index is 0.0447. The molecule has 1 aliphatic carbocycles. The molecule has 1 unspecified atom stereocenters. The number of nitrogens with one attached hydrogen (secondary N) is 2. The molecule has 1 aromatic carbocycles. The van der Waals surface area contributed by atoms with E-state index in [0.29, 0.717) is 19.4 Å². The van der Waals surface area contributed by atoms with E-state index in [1.54, 1.807) is 0 Å². The summed E-state index contributed by atoms with van der Waals surface area (Å²) in [5.74, 6) is 0.0833. The Morgan fingerprint density at radius 2 is 2.07 bits per heavy atom. The van der Waals surface area contributed by atoms with E-state index in [9.17, 15) is 4.79 Å². The number of aromatic amines is 1. The van der Waals surface area contributed by atoms with Crippen molar-refractivity contribution in [2.24, 2.45) is 0 Å². The van der Waals surface area contributed by atoms with E-state index in [2.05, 4.69) is 44.7 Å². The average molecular weight is 397 g/mol. The predicted molar refractivity (Wildman–Crippen MR) is 113 cm³/mol. The number of fused-ring (bicyclic) bond motifs is 1. The van der Waals surface area contributed by atoms with Gasteiger partial charge < -0.3 is 10.1 Å². The molecule has 2 aliphatic rings. The van der Waals surface area contributed by atoms with Gasteiger partial charge in [-0.25, -0.2) is 0 Å². The van der Waals surface area contributed by atoms with E-state index in [-0.39, 0.29) is 12.0 Å². The molecule has 6 heteroatoms. The predicted octanol–water partition coefficient (Wildman–Crippen LogP) is 2.63. The molecule has 0 bridgehead atoms. The maximum absolute atomic E-state index is 12.4. The summed E-state index contributed by atoms with van der Waals surface area (Å²) in [6.07, 6.45) is 6.91. The smallest absolute Gasteiger partial charge is 0.220 e. The van der Waals surface area contributed by atoms with Gasteiger partial charge in [-0.2, -0.15) is 5.10 Å². The van der Waals surface area contributed by atoms with Crippen LogP contribution in [-0.2, 0) is 35.3 Å². The summed E-state index contributed by atoms with van der Waals surface area (Å²) in [4.78, 5) is 14.8. The summed E-state index contributed by atoms with van der Waals surface area (Å²) in [5.41, 5.74) is 5.03. The molecule has 1 aliphatic heterocycles. The van der Waals surface area contributed by atoms with Crippen molar-refractivity contribution in [3.8, 4) is 0 Å². The zero-order valence-corrected chi connectivity index (χ0v) is 17.2. The fraction of sp³-hybridized carbons (Fsp3) is 0.565. The molecule has 1 atom stereocenters. The highest BCUT2D eigenvalue weighted by molar-refractivity contribution is 5.76. The fourth-order valence-electron chi connectivity index (χ4n) is 4.38. The molecule has 1 fully saturated rings. The topological polar surface area (TPSA) is 70.2 Å². The number of hydrogen-bond donors (Lipinski definition) is 2. The van der Waals surface area contributed by atoms with Gasteiger partial charge in [0.15, 0.2) is 0 Å². The number of rotatable bonds is 7. The summed E-state index contributed by atoms with van der Waals surface area (Å²) < 4.78 is 5.97. The van der Waals surface area contributed by atoms with E-state index in [0.717, 1.165) is 51.2 Å². The molecule has 2 aromatic rings. The first-order valence-electron chi connectivity index (χ1n) is 11.0. The summed E-state index contributed by atoms with van der Waals surface area (Å²) in [6, 6.07) is 10.5. The van der Waals surface area contributed by atoms with Crippen molar-refractivity contribution in [2.75, 3.05) is 26.2 Å². The van der Waals surface area contributed by atoms with Crippen LogP contribution in [0, 0.1) is 0 Å². The second-order valence-corrected chi connectivity index (χ2v) is 8.21. The molecular weight excluding hydrogens is 364 g/mol. The van der Waals surface area contributed by atoms with Crippen LogP contribution >= 0.6 is 0 Å². The average Bonchev–Trinajstić information content (AvgIpc) is 3.03. The lowest BCUT2D eigenvalue weighted by atomic mass is 9.94. The zero-order valence-electron chi connectivity index (χ0n) is 17.2. The van der Waals surface area contributed by atoms with Crippen LogP contribution < -0.4 is 5.32 Å². The van der Waals surface area contributed by atoms with Crippen molar-refractivity contribution in [2.45, 2.75) is 57.6 Å². The van der Waals surface area contributed by atoms with Crippen LogP contribution in [0.4, 0.5) is 0 Å². The third-order valence-electron chi connectivity index (χ3n) is 5.94. The molecule has 1 saturated heterocycles. The SMILES string of the molecule is O=C(CCc1n[nH]c2c1CCCC2)NCC1CN(Cc2ccccc2)CCCO1. The van der Waals surface area contributed by atoms with Crippen LogP contribution in [0.25, 0.3) is 0 Å². The zero-order chi connectivity index (χ0) is 19.9. The van der Waals surface area contributed by atoms with Gasteiger partial charge in [0, 0.05) is 51.3 Å². The van der Waals surface area contributed by atoms with Gasteiger partial charge in [-0.1, -0.05) is 30.3 Å². The van der Waals surface area contributed by atoms with Gasteiger partial charge >= 0.3 is 0 Å². The number of aryl methyl sites for hydroxylation is 2. The normalized spacial score (nSPS) is 20.1. The van der Waals surface area contributed by atoms with Gasteiger partial charge in [-0.3, -0.25) is 14.8 Å². The third-order valence-corrected chi connectivity index (χ3v) is 5.94. The van der Waals surface area contributed by atoms with Gasteiger partial charge in [-0.15, -0.1) is 0 Å². The Morgan fingerprint density at radius 3 is 2.97 bits per heavy atom. The Labute approximate surface area is 173 Å². The number of benzene rings is 1. The quantitative estimate of drug-likeness (QED) is 0.755. The third kappa shape index (κ3) is 5.67. The molecule has 0 spiro atoms. The summed E-state index contributed by atoms with van der Waals surface area (Å²) in [6.45, 7) is 4.14. The van der Waals surface area contributed by atoms with Crippen molar-refractivity contribution in [3.05, 3.63) is 52.8 Å². The minimum Gasteiger partial charge on any atom is -0.375 e. The molecule has 4 rings (SSSR count). The number of hydrogen-bond acceptors (Lipinski definition) is 4. The number of carbonyl (C=O) groups excluding carboxylic acids is 1. The molecule has 2 N–H and O–H groups in total. The van der Waals surface area contributed by atoms with E-state index in [1.165, 1.54) is 29.7 Å². The van der Waals surface area contributed by atoms with Gasteiger partial charge in [0.05, 0.1) is 11.8 Å². The van der Waals surface area contributed by atoms with Crippen LogP contribution in [0.1, 0.15) is 48.2 Å². The molecule has 29 heavy (non-hydrogen) atoms. The monoisotopic (exact) mass is 396 g/mol. The molecule has 1 amide bonds. The van der Waals surface area contributed by atoms with Gasteiger partial charge in [0.25, 0.3) is 0 Å². The Balaban J connectivity index is 1.22. The number of nitrogens with zero attached hydrogens (tertiary/aromatic N) is 2. The number of carbonyl (C=O) groups is 1. The standard InChI is InChI=1S/C23H32N4O2/c28-23(12-11-22-20-9-4-5-10-21(20)25-26-22)24-15-19-17-27(13-6-14-29-19)16-18-7-2-1-3-8-18/h1-3,7-8,19H,4-6,9-17H2,(H,24,28)(H,25,26). The van der Waals surface area contributed by atoms with E-state index < -0.39 is 0 Å². The lowest BCUT2D eigenvalue weighted by Crippen LogP contribution is -2.40. The maximum atomic E-state index is 12.4. The lowest BCUT2D eigenvalue weighted by Gasteiger charge is -2.24. The van der Waals surface area contributed by atoms with Gasteiger partial charge in [0.1, 0.15) is 0 Å². The van der Waals surface area contributed by atoms with Crippen molar-refractivity contribution in [3.63, 3.8) is 0 Å². The molecule has 156 valence electrons. The number of ether oxygens (including phenoxy) is 1. The van der Waals surface area contributed by atoms with E-state index >= 15 is 0 Å². The molecule has 0 saturated carbocycles. The van der Waals surface area contributed by atoms with Crippen molar-refractivity contribution in [1.82, 2.24) is 20.4 Å². The van der Waals surface area contributed by atoms with Gasteiger partial charge in [0.2, 0.25) is 5.91 Å². The Morgan fingerprint density at radius 1 is 1.21 bits per heavy atom.